The Hall–Kier alpha value is -8.72. The first kappa shape index (κ1) is 37.6. The first-order chi connectivity index (χ1) is 33.2. The molecule has 0 N–H and O–H groups in total. The Bertz CT molecular complexity index is 3560. The predicted molar refractivity (Wildman–Crippen MR) is 282 cm³/mol. The summed E-state index contributed by atoms with van der Waals surface area (Å²) in [5, 5.41) is 9.75. The number of hydrogen-bond acceptors (Lipinski definition) is 2. The summed E-state index contributed by atoms with van der Waals surface area (Å²) in [6.45, 7) is 0. The van der Waals surface area contributed by atoms with E-state index in [-0.39, 0.29) is 0 Å². The van der Waals surface area contributed by atoms with Crippen LogP contribution in [-0.4, -0.2) is 0 Å². The SMILES string of the molecule is c1ccc2c(c1)-c1c(N(c3ccc4ccccc4c3)c3ccc4ccccc4c3)cccc1C21c2ccccc2-c2c(N(c3ccc4ccccc4c3)c3ccc4ccccc4c3)cccc21. The monoisotopic (exact) mass is 850 g/mol. The van der Waals surface area contributed by atoms with Gasteiger partial charge in [-0.25, -0.2) is 0 Å². The second kappa shape index (κ2) is 14.7. The number of hydrogen-bond donors (Lipinski definition) is 0. The summed E-state index contributed by atoms with van der Waals surface area (Å²) < 4.78 is 0. The molecule has 2 heteroatoms. The molecule has 0 aromatic heterocycles. The van der Waals surface area contributed by atoms with Crippen LogP contribution in [0.4, 0.5) is 34.1 Å². The van der Waals surface area contributed by atoms with E-state index in [1.54, 1.807) is 0 Å². The van der Waals surface area contributed by atoms with Crippen LogP contribution in [-0.2, 0) is 5.41 Å². The topological polar surface area (TPSA) is 6.48 Å². The van der Waals surface area contributed by atoms with Crippen LogP contribution < -0.4 is 9.80 Å². The molecule has 2 aliphatic carbocycles. The molecule has 0 atom stereocenters. The number of fused-ring (bicyclic) bond motifs is 14. The molecule has 0 heterocycles. The minimum Gasteiger partial charge on any atom is -0.310 e. The van der Waals surface area contributed by atoms with Crippen LogP contribution in [0.15, 0.2) is 255 Å². The van der Waals surface area contributed by atoms with Crippen LogP contribution >= 0.6 is 0 Å². The maximum atomic E-state index is 2.49. The van der Waals surface area contributed by atoms with Gasteiger partial charge in [0.2, 0.25) is 0 Å². The van der Waals surface area contributed by atoms with Gasteiger partial charge < -0.3 is 9.80 Å². The standard InChI is InChI=1S/C65H42N2/c1-5-19-47-39-51(35-31-43(47)15-1)66(52-36-32-44-16-2-6-20-48(44)40-52)61-29-13-27-59-63(61)55-23-9-11-25-57(55)65(59)58-26-12-10-24-56(58)64-60(65)28-14-30-62(64)67(53-37-33-45-17-3-7-21-49(45)41-53)54-38-34-46-18-4-8-22-50(46)42-54/h1-42H. The molecule has 12 aromatic carbocycles. The van der Waals surface area contributed by atoms with Crippen LogP contribution in [0.1, 0.15) is 22.3 Å². The average Bonchev–Trinajstić information content (AvgIpc) is 3.87. The lowest BCUT2D eigenvalue weighted by molar-refractivity contribution is 0.793. The van der Waals surface area contributed by atoms with E-state index in [0.717, 1.165) is 34.1 Å². The third-order valence-electron chi connectivity index (χ3n) is 14.5. The van der Waals surface area contributed by atoms with E-state index in [0.29, 0.717) is 0 Å². The van der Waals surface area contributed by atoms with Crippen LogP contribution in [0.25, 0.3) is 65.3 Å². The summed E-state index contributed by atoms with van der Waals surface area (Å²) in [4.78, 5) is 4.99. The summed E-state index contributed by atoms with van der Waals surface area (Å²) in [6.07, 6.45) is 0. The van der Waals surface area contributed by atoms with E-state index in [2.05, 4.69) is 265 Å². The number of rotatable bonds is 6. The van der Waals surface area contributed by atoms with Gasteiger partial charge in [-0.15, -0.1) is 0 Å². The normalized spacial score (nSPS) is 12.9. The van der Waals surface area contributed by atoms with Crippen LogP contribution in [0, 0.1) is 0 Å². The maximum absolute atomic E-state index is 2.49. The van der Waals surface area contributed by atoms with Crippen molar-refractivity contribution >= 4 is 77.2 Å². The van der Waals surface area contributed by atoms with Crippen molar-refractivity contribution in [2.75, 3.05) is 9.80 Å². The molecule has 0 fully saturated rings. The molecule has 312 valence electrons. The summed E-state index contributed by atoms with van der Waals surface area (Å²) >= 11 is 0. The zero-order valence-corrected chi connectivity index (χ0v) is 36.6. The second-order valence-corrected chi connectivity index (χ2v) is 18.0. The Labute approximate surface area is 389 Å². The summed E-state index contributed by atoms with van der Waals surface area (Å²) in [5.41, 5.74) is 16.5. The molecular weight excluding hydrogens is 809 g/mol. The third-order valence-corrected chi connectivity index (χ3v) is 14.5. The smallest absolute Gasteiger partial charge is 0.0727 e. The molecule has 2 aliphatic rings. The minimum absolute atomic E-state index is 0.583. The lowest BCUT2D eigenvalue weighted by atomic mass is 9.70. The molecule has 0 saturated carbocycles. The lowest BCUT2D eigenvalue weighted by Crippen LogP contribution is -2.26. The maximum Gasteiger partial charge on any atom is 0.0727 e. The number of anilines is 6. The van der Waals surface area contributed by atoms with Gasteiger partial charge in [-0.05, 0) is 137 Å². The molecule has 0 radical (unpaired) electrons. The molecule has 0 unspecified atom stereocenters. The average molecular weight is 851 g/mol. The summed E-state index contributed by atoms with van der Waals surface area (Å²) in [7, 11) is 0. The highest BCUT2D eigenvalue weighted by atomic mass is 15.2. The summed E-state index contributed by atoms with van der Waals surface area (Å²) in [6, 6.07) is 94.7. The Morgan fingerprint density at radius 3 is 0.851 bits per heavy atom. The fourth-order valence-corrected chi connectivity index (χ4v) is 11.7. The van der Waals surface area contributed by atoms with Crippen LogP contribution in [0.3, 0.4) is 0 Å². The van der Waals surface area contributed by atoms with E-state index < -0.39 is 5.41 Å². The van der Waals surface area contributed by atoms with Gasteiger partial charge in [0.1, 0.15) is 0 Å². The first-order valence-corrected chi connectivity index (χ1v) is 23.2. The fourth-order valence-electron chi connectivity index (χ4n) is 11.7. The predicted octanol–water partition coefficient (Wildman–Crippen LogP) is 17.6. The molecule has 67 heavy (non-hydrogen) atoms. The molecule has 0 aliphatic heterocycles. The molecule has 0 bridgehead atoms. The highest BCUT2D eigenvalue weighted by Gasteiger charge is 2.53. The fraction of sp³-hybridized carbons (Fsp3) is 0.0154. The van der Waals surface area contributed by atoms with Gasteiger partial charge in [0.15, 0.2) is 0 Å². The van der Waals surface area contributed by atoms with E-state index >= 15 is 0 Å². The van der Waals surface area contributed by atoms with Crippen molar-refractivity contribution in [1.82, 2.24) is 0 Å². The zero-order valence-electron chi connectivity index (χ0n) is 36.6. The number of nitrogens with zero attached hydrogens (tertiary/aromatic N) is 2. The van der Waals surface area contributed by atoms with Gasteiger partial charge >= 0.3 is 0 Å². The van der Waals surface area contributed by atoms with Crippen molar-refractivity contribution in [3.63, 3.8) is 0 Å². The molecular formula is C65H42N2. The molecule has 0 saturated heterocycles. The first-order valence-electron chi connectivity index (χ1n) is 23.2. The van der Waals surface area contributed by atoms with Gasteiger partial charge in [-0.1, -0.05) is 194 Å². The zero-order chi connectivity index (χ0) is 44.1. The molecule has 2 nitrogen and oxygen atoms in total. The van der Waals surface area contributed by atoms with Crippen molar-refractivity contribution < 1.29 is 0 Å². The second-order valence-electron chi connectivity index (χ2n) is 18.0. The largest absolute Gasteiger partial charge is 0.310 e. The van der Waals surface area contributed by atoms with E-state index in [9.17, 15) is 0 Å². The molecule has 0 amide bonds. The quantitative estimate of drug-likeness (QED) is 0.164. The molecule has 12 aromatic rings. The lowest BCUT2D eigenvalue weighted by Gasteiger charge is -2.33. The van der Waals surface area contributed by atoms with Gasteiger partial charge in [0.05, 0.1) is 16.8 Å². The van der Waals surface area contributed by atoms with Crippen molar-refractivity contribution in [2.24, 2.45) is 0 Å². The number of benzene rings is 12. The molecule has 1 spiro atoms. The Balaban J connectivity index is 1.05. The van der Waals surface area contributed by atoms with Crippen molar-refractivity contribution in [2.45, 2.75) is 5.41 Å². The van der Waals surface area contributed by atoms with Crippen LogP contribution in [0.5, 0.6) is 0 Å². The highest BCUT2D eigenvalue weighted by Crippen LogP contribution is 2.66. The van der Waals surface area contributed by atoms with E-state index in [4.69, 9.17) is 0 Å². The Kier molecular flexibility index (Phi) is 8.23. The Morgan fingerprint density at radius 1 is 0.224 bits per heavy atom. The van der Waals surface area contributed by atoms with Gasteiger partial charge in [-0.3, -0.25) is 0 Å². The van der Waals surface area contributed by atoms with Gasteiger partial charge in [0, 0.05) is 33.9 Å². The third kappa shape index (κ3) is 5.57. The van der Waals surface area contributed by atoms with E-state index in [1.165, 1.54) is 87.6 Å². The van der Waals surface area contributed by atoms with Gasteiger partial charge in [0.25, 0.3) is 0 Å². The van der Waals surface area contributed by atoms with Crippen molar-refractivity contribution in [3.8, 4) is 22.3 Å². The van der Waals surface area contributed by atoms with Crippen molar-refractivity contribution in [1.29, 1.82) is 0 Å². The Morgan fingerprint density at radius 2 is 0.507 bits per heavy atom. The molecule has 14 rings (SSSR count). The van der Waals surface area contributed by atoms with Crippen molar-refractivity contribution in [3.05, 3.63) is 277 Å². The minimum atomic E-state index is -0.583. The van der Waals surface area contributed by atoms with E-state index in [1.807, 2.05) is 0 Å². The van der Waals surface area contributed by atoms with Gasteiger partial charge in [-0.2, -0.15) is 0 Å². The highest BCUT2D eigenvalue weighted by molar-refractivity contribution is 6.06. The summed E-state index contributed by atoms with van der Waals surface area (Å²) in [5.74, 6) is 0. The van der Waals surface area contributed by atoms with Crippen LogP contribution in [0.2, 0.25) is 0 Å².